The molecule has 0 atom stereocenters. The van der Waals surface area contributed by atoms with Gasteiger partial charge in [0.1, 0.15) is 0 Å². The van der Waals surface area contributed by atoms with Crippen LogP contribution in [-0.2, 0) is 5.41 Å². The van der Waals surface area contributed by atoms with E-state index in [2.05, 4.69) is 15.9 Å². The number of benzene rings is 1. The molecule has 0 N–H and O–H groups in total. The maximum absolute atomic E-state index is 13.0. The highest BCUT2D eigenvalue weighted by Gasteiger charge is 2.54. The zero-order valence-electron chi connectivity index (χ0n) is 9.70. The topological polar surface area (TPSA) is 0 Å². The number of hydrogen-bond acceptors (Lipinski definition) is 0. The second-order valence-corrected chi connectivity index (χ2v) is 6.04. The van der Waals surface area contributed by atoms with Gasteiger partial charge in [0, 0.05) is 22.7 Å². The minimum absolute atomic E-state index is 0.0259. The molecule has 0 amide bonds. The zero-order chi connectivity index (χ0) is 12.1. The molecule has 1 aromatic rings. The summed E-state index contributed by atoms with van der Waals surface area (Å²) in [5, 5.41) is 0. The Bertz CT molecular complexity index is 430. The Hall–Kier alpha value is -0.440. The predicted octanol–water partition coefficient (Wildman–Crippen LogP) is 4.75. The van der Waals surface area contributed by atoms with E-state index in [1.54, 1.807) is 0 Å². The summed E-state index contributed by atoms with van der Waals surface area (Å²) < 4.78 is 27.1. The molecule has 0 saturated heterocycles. The van der Waals surface area contributed by atoms with Gasteiger partial charge in [-0.05, 0) is 36.6 Å². The third-order valence-corrected chi connectivity index (χ3v) is 4.31. The van der Waals surface area contributed by atoms with E-state index in [4.69, 9.17) is 0 Å². The lowest BCUT2D eigenvalue weighted by Gasteiger charge is -2.46. The van der Waals surface area contributed by atoms with E-state index in [0.717, 1.165) is 21.2 Å². The second kappa shape index (κ2) is 3.52. The average Bonchev–Trinajstić information content (AvgIpc) is 2.07. The van der Waals surface area contributed by atoms with Crippen molar-refractivity contribution in [2.75, 3.05) is 0 Å². The molecule has 1 aromatic carbocycles. The van der Waals surface area contributed by atoms with Gasteiger partial charge in [-0.2, -0.15) is 0 Å². The first-order valence-corrected chi connectivity index (χ1v) is 6.18. The van der Waals surface area contributed by atoms with Crippen molar-refractivity contribution in [1.29, 1.82) is 0 Å². The fraction of sp³-hybridized carbons (Fsp3) is 0.538. The summed E-state index contributed by atoms with van der Waals surface area (Å²) in [5.74, 6) is -2.47. The van der Waals surface area contributed by atoms with Crippen molar-refractivity contribution < 1.29 is 8.78 Å². The number of rotatable bonds is 1. The summed E-state index contributed by atoms with van der Waals surface area (Å²) in [6, 6.07) is 4.06. The molecule has 0 aromatic heterocycles. The smallest absolute Gasteiger partial charge is 0.207 e. The van der Waals surface area contributed by atoms with Crippen LogP contribution in [0.15, 0.2) is 16.6 Å². The monoisotopic (exact) mass is 288 g/mol. The van der Waals surface area contributed by atoms with Gasteiger partial charge in [0.15, 0.2) is 0 Å². The fourth-order valence-electron chi connectivity index (χ4n) is 2.71. The van der Waals surface area contributed by atoms with Crippen LogP contribution in [0.1, 0.15) is 36.5 Å². The molecule has 1 fully saturated rings. The van der Waals surface area contributed by atoms with E-state index in [9.17, 15) is 8.78 Å². The normalized spacial score (nSPS) is 21.6. The first-order valence-electron chi connectivity index (χ1n) is 5.39. The second-order valence-electron chi connectivity index (χ2n) is 5.19. The van der Waals surface area contributed by atoms with Crippen LogP contribution in [-0.4, -0.2) is 5.92 Å². The Kier molecular flexibility index (Phi) is 2.65. The van der Waals surface area contributed by atoms with Gasteiger partial charge in [-0.3, -0.25) is 0 Å². The largest absolute Gasteiger partial charge is 0.249 e. The molecule has 1 aliphatic rings. The highest BCUT2D eigenvalue weighted by molar-refractivity contribution is 9.10. The summed E-state index contributed by atoms with van der Waals surface area (Å²) >= 11 is 3.46. The van der Waals surface area contributed by atoms with Gasteiger partial charge in [-0.1, -0.05) is 28.9 Å². The van der Waals surface area contributed by atoms with Crippen LogP contribution in [0.5, 0.6) is 0 Å². The first kappa shape index (κ1) is 12.0. The average molecular weight is 289 g/mol. The van der Waals surface area contributed by atoms with E-state index < -0.39 is 5.92 Å². The molecule has 0 nitrogen and oxygen atoms in total. The molecule has 88 valence electrons. The lowest BCUT2D eigenvalue weighted by atomic mass is 9.62. The van der Waals surface area contributed by atoms with E-state index in [0.29, 0.717) is 0 Å². The summed E-state index contributed by atoms with van der Waals surface area (Å²) in [6.45, 7) is 5.91. The van der Waals surface area contributed by atoms with Crippen LogP contribution < -0.4 is 0 Å². The maximum atomic E-state index is 13.0. The summed E-state index contributed by atoms with van der Waals surface area (Å²) in [7, 11) is 0. The molecule has 0 radical (unpaired) electrons. The van der Waals surface area contributed by atoms with Crippen molar-refractivity contribution in [2.24, 2.45) is 0 Å². The van der Waals surface area contributed by atoms with E-state index >= 15 is 0 Å². The molecule has 0 bridgehead atoms. The van der Waals surface area contributed by atoms with Gasteiger partial charge in [-0.15, -0.1) is 0 Å². The Morgan fingerprint density at radius 1 is 1.12 bits per heavy atom. The number of alkyl halides is 2. The quantitative estimate of drug-likeness (QED) is 0.699. The Morgan fingerprint density at radius 2 is 1.69 bits per heavy atom. The van der Waals surface area contributed by atoms with Gasteiger partial charge in [-0.25, -0.2) is 8.78 Å². The standard InChI is InChI=1S/C13H15BrF2/c1-8-5-11(14)9(2)4-10(8)12(3)6-13(15,16)7-12/h4-5H,6-7H2,1-3H3. The van der Waals surface area contributed by atoms with Gasteiger partial charge >= 0.3 is 0 Å². The van der Waals surface area contributed by atoms with E-state index in [-0.39, 0.29) is 18.3 Å². The van der Waals surface area contributed by atoms with Gasteiger partial charge in [0.25, 0.3) is 0 Å². The molecular weight excluding hydrogens is 274 g/mol. The predicted molar refractivity (Wildman–Crippen MR) is 65.1 cm³/mol. The SMILES string of the molecule is Cc1cc(C2(C)CC(F)(F)C2)c(C)cc1Br. The molecular formula is C13H15BrF2. The fourth-order valence-corrected chi connectivity index (χ4v) is 3.17. The van der Waals surface area contributed by atoms with Crippen LogP contribution in [0.3, 0.4) is 0 Å². The van der Waals surface area contributed by atoms with Crippen molar-refractivity contribution in [1.82, 2.24) is 0 Å². The van der Waals surface area contributed by atoms with Crippen molar-refractivity contribution in [3.63, 3.8) is 0 Å². The maximum Gasteiger partial charge on any atom is 0.249 e. The van der Waals surface area contributed by atoms with Crippen molar-refractivity contribution in [2.45, 2.75) is 45.0 Å². The Labute approximate surface area is 103 Å². The number of aryl methyl sites for hydroxylation is 2. The molecule has 1 aliphatic carbocycles. The van der Waals surface area contributed by atoms with Crippen molar-refractivity contribution in [3.8, 4) is 0 Å². The van der Waals surface area contributed by atoms with Gasteiger partial charge in [0.2, 0.25) is 5.92 Å². The highest BCUT2D eigenvalue weighted by atomic mass is 79.9. The third-order valence-electron chi connectivity index (χ3n) is 3.45. The minimum Gasteiger partial charge on any atom is -0.207 e. The van der Waals surface area contributed by atoms with Crippen molar-refractivity contribution in [3.05, 3.63) is 33.3 Å². The number of halogens is 3. The lowest BCUT2D eigenvalue weighted by Crippen LogP contribution is -2.47. The zero-order valence-corrected chi connectivity index (χ0v) is 11.3. The van der Waals surface area contributed by atoms with Crippen molar-refractivity contribution >= 4 is 15.9 Å². The van der Waals surface area contributed by atoms with Crippen LogP contribution in [0, 0.1) is 13.8 Å². The molecule has 0 aliphatic heterocycles. The molecule has 0 unspecified atom stereocenters. The summed E-state index contributed by atoms with van der Waals surface area (Å²) in [4.78, 5) is 0. The Balaban J connectivity index is 2.39. The van der Waals surface area contributed by atoms with Crippen LogP contribution in [0.25, 0.3) is 0 Å². The van der Waals surface area contributed by atoms with E-state index in [1.165, 1.54) is 0 Å². The van der Waals surface area contributed by atoms with Crippen LogP contribution in [0.4, 0.5) is 8.78 Å². The Morgan fingerprint density at radius 3 is 2.19 bits per heavy atom. The molecule has 16 heavy (non-hydrogen) atoms. The molecule has 2 rings (SSSR count). The van der Waals surface area contributed by atoms with Crippen LogP contribution >= 0.6 is 15.9 Å². The molecule has 0 heterocycles. The van der Waals surface area contributed by atoms with Crippen LogP contribution in [0.2, 0.25) is 0 Å². The van der Waals surface area contributed by atoms with Gasteiger partial charge < -0.3 is 0 Å². The molecule has 3 heteroatoms. The highest BCUT2D eigenvalue weighted by Crippen LogP contribution is 2.54. The first-order chi connectivity index (χ1) is 7.23. The third kappa shape index (κ3) is 1.90. The van der Waals surface area contributed by atoms with Gasteiger partial charge in [0.05, 0.1) is 0 Å². The summed E-state index contributed by atoms with van der Waals surface area (Å²) in [5.41, 5.74) is 2.92. The van der Waals surface area contributed by atoms with E-state index in [1.807, 2.05) is 32.9 Å². The minimum atomic E-state index is -2.47. The number of hydrogen-bond donors (Lipinski definition) is 0. The molecule has 1 saturated carbocycles. The lowest BCUT2D eigenvalue weighted by molar-refractivity contribution is -0.121. The molecule has 0 spiro atoms. The summed E-state index contributed by atoms with van der Waals surface area (Å²) in [6.07, 6.45) is -0.0518.